The first-order valence-corrected chi connectivity index (χ1v) is 15.8. The Hall–Kier alpha value is -0.500. The van der Waals surface area contributed by atoms with Gasteiger partial charge in [-0.3, -0.25) is 4.79 Å². The summed E-state index contributed by atoms with van der Waals surface area (Å²) in [6.45, 7) is 9.61. The summed E-state index contributed by atoms with van der Waals surface area (Å²) in [5.74, 6) is 3.37. The standard InChI is InChI=1S/C32H53ClO2/c1-5-7-8-9-10-11-13-23-15-17-27-26-16-14-24-22-25(35-30(34)29(33)12-6-2)18-20-32(24,4)28(26)19-21-31(23,27)3/h14,23,25-29H,5-13,15-22H2,1-4H3/t23-,25-,26+,27-,28+,29+,31+,32-/m0/s1. The molecule has 0 N–H and O–H groups in total. The lowest BCUT2D eigenvalue weighted by atomic mass is 9.47. The molecule has 0 amide bonds. The van der Waals surface area contributed by atoms with Gasteiger partial charge < -0.3 is 4.74 Å². The van der Waals surface area contributed by atoms with Gasteiger partial charge in [-0.15, -0.1) is 11.6 Å². The molecule has 0 saturated heterocycles. The Morgan fingerprint density at radius 2 is 1.77 bits per heavy atom. The van der Waals surface area contributed by atoms with Gasteiger partial charge in [0.25, 0.3) is 0 Å². The second-order valence-corrected chi connectivity index (χ2v) is 13.7. The molecule has 0 bridgehead atoms. The zero-order valence-electron chi connectivity index (χ0n) is 23.3. The summed E-state index contributed by atoms with van der Waals surface area (Å²) in [4.78, 5) is 12.4. The van der Waals surface area contributed by atoms with Crippen molar-refractivity contribution in [3.63, 3.8) is 0 Å². The number of halogens is 1. The molecule has 8 atom stereocenters. The Bertz CT molecular complexity index is 746. The Labute approximate surface area is 221 Å². The lowest BCUT2D eigenvalue weighted by Gasteiger charge is -2.58. The van der Waals surface area contributed by atoms with Crippen LogP contribution in [0.5, 0.6) is 0 Å². The first kappa shape index (κ1) is 27.5. The molecule has 0 aromatic rings. The molecule has 4 aliphatic carbocycles. The molecule has 3 heteroatoms. The number of rotatable bonds is 11. The van der Waals surface area contributed by atoms with Crippen LogP contribution in [-0.2, 0) is 9.53 Å². The molecule has 0 aromatic carbocycles. The molecule has 35 heavy (non-hydrogen) atoms. The highest BCUT2D eigenvalue weighted by Gasteiger charge is 2.58. The van der Waals surface area contributed by atoms with Gasteiger partial charge in [-0.25, -0.2) is 0 Å². The van der Waals surface area contributed by atoms with Crippen molar-refractivity contribution in [3.05, 3.63) is 11.6 Å². The van der Waals surface area contributed by atoms with Gasteiger partial charge in [0.05, 0.1) is 0 Å². The van der Waals surface area contributed by atoms with Crippen molar-refractivity contribution in [2.75, 3.05) is 0 Å². The fourth-order valence-electron chi connectivity index (χ4n) is 9.09. The molecule has 0 aliphatic heterocycles. The molecule has 0 unspecified atom stereocenters. The van der Waals surface area contributed by atoms with Gasteiger partial charge in [0.2, 0.25) is 0 Å². The smallest absolute Gasteiger partial charge is 0.324 e. The fraction of sp³-hybridized carbons (Fsp3) is 0.906. The molecule has 2 nitrogen and oxygen atoms in total. The van der Waals surface area contributed by atoms with E-state index in [-0.39, 0.29) is 12.1 Å². The average molecular weight is 505 g/mol. The quantitative estimate of drug-likeness (QED) is 0.121. The van der Waals surface area contributed by atoms with Crippen molar-refractivity contribution >= 4 is 17.6 Å². The highest BCUT2D eigenvalue weighted by atomic mass is 35.5. The summed E-state index contributed by atoms with van der Waals surface area (Å²) < 4.78 is 5.89. The number of carbonyl (C=O) groups excluding carboxylic acids is 1. The minimum atomic E-state index is -0.485. The van der Waals surface area contributed by atoms with Crippen LogP contribution >= 0.6 is 11.6 Å². The number of esters is 1. The third-order valence-electron chi connectivity index (χ3n) is 11.2. The van der Waals surface area contributed by atoms with E-state index in [1.807, 2.05) is 0 Å². The van der Waals surface area contributed by atoms with E-state index in [9.17, 15) is 4.79 Å². The lowest BCUT2D eigenvalue weighted by molar-refractivity contribution is -0.151. The number of ether oxygens (including phenoxy) is 1. The number of hydrogen-bond donors (Lipinski definition) is 0. The second kappa shape index (κ2) is 11.9. The number of unbranched alkanes of at least 4 members (excludes halogenated alkanes) is 5. The zero-order chi connectivity index (χ0) is 25.1. The maximum atomic E-state index is 12.4. The summed E-state index contributed by atoms with van der Waals surface area (Å²) in [5, 5.41) is -0.485. The van der Waals surface area contributed by atoms with Crippen LogP contribution in [0.15, 0.2) is 11.6 Å². The molecule has 3 saturated carbocycles. The molecular weight excluding hydrogens is 452 g/mol. The number of hydrogen-bond acceptors (Lipinski definition) is 2. The molecule has 0 heterocycles. The molecule has 3 fully saturated rings. The van der Waals surface area contributed by atoms with E-state index in [0.29, 0.717) is 17.3 Å². The van der Waals surface area contributed by atoms with Crippen molar-refractivity contribution in [3.8, 4) is 0 Å². The summed E-state index contributed by atoms with van der Waals surface area (Å²) in [6.07, 6.45) is 24.4. The van der Waals surface area contributed by atoms with Crippen LogP contribution in [-0.4, -0.2) is 17.5 Å². The van der Waals surface area contributed by atoms with E-state index in [1.54, 1.807) is 5.57 Å². The minimum Gasteiger partial charge on any atom is -0.461 e. The van der Waals surface area contributed by atoms with Crippen molar-refractivity contribution in [2.45, 2.75) is 148 Å². The first-order chi connectivity index (χ1) is 16.8. The minimum absolute atomic E-state index is 0.0264. The Kier molecular flexibility index (Phi) is 9.37. The van der Waals surface area contributed by atoms with Crippen LogP contribution in [0.25, 0.3) is 0 Å². The maximum Gasteiger partial charge on any atom is 0.324 e. The van der Waals surface area contributed by atoms with Crippen LogP contribution in [0, 0.1) is 34.5 Å². The third-order valence-corrected chi connectivity index (χ3v) is 11.6. The predicted molar refractivity (Wildman–Crippen MR) is 148 cm³/mol. The monoisotopic (exact) mass is 504 g/mol. The van der Waals surface area contributed by atoms with Crippen LogP contribution in [0.2, 0.25) is 0 Å². The number of carbonyl (C=O) groups is 1. The Balaban J connectivity index is 1.36. The van der Waals surface area contributed by atoms with Crippen molar-refractivity contribution in [1.82, 2.24) is 0 Å². The van der Waals surface area contributed by atoms with Crippen LogP contribution in [0.3, 0.4) is 0 Å². The van der Waals surface area contributed by atoms with E-state index in [1.165, 1.54) is 83.5 Å². The van der Waals surface area contributed by atoms with Gasteiger partial charge in [0, 0.05) is 6.42 Å². The number of fused-ring (bicyclic) bond motifs is 5. The Morgan fingerprint density at radius 1 is 1.00 bits per heavy atom. The van der Waals surface area contributed by atoms with Crippen molar-refractivity contribution in [2.24, 2.45) is 34.5 Å². The van der Waals surface area contributed by atoms with Gasteiger partial charge in [0.1, 0.15) is 11.5 Å². The van der Waals surface area contributed by atoms with E-state index < -0.39 is 5.38 Å². The zero-order valence-corrected chi connectivity index (χ0v) is 24.0. The first-order valence-electron chi connectivity index (χ1n) is 15.4. The summed E-state index contributed by atoms with van der Waals surface area (Å²) >= 11 is 6.25. The number of alkyl halides is 1. The predicted octanol–water partition coefficient (Wildman–Crippen LogP) is 9.64. The molecular formula is C32H53ClO2. The lowest BCUT2D eigenvalue weighted by Crippen LogP contribution is -2.50. The Morgan fingerprint density at radius 3 is 2.54 bits per heavy atom. The molecule has 0 aromatic heterocycles. The second-order valence-electron chi connectivity index (χ2n) is 13.2. The van der Waals surface area contributed by atoms with Gasteiger partial charge in [-0.2, -0.15) is 0 Å². The van der Waals surface area contributed by atoms with Crippen LogP contribution in [0.1, 0.15) is 137 Å². The average Bonchev–Trinajstić information content (AvgIpc) is 3.18. The van der Waals surface area contributed by atoms with Gasteiger partial charge in [-0.1, -0.05) is 84.3 Å². The topological polar surface area (TPSA) is 26.3 Å². The molecule has 4 aliphatic rings. The van der Waals surface area contributed by atoms with Crippen LogP contribution in [0.4, 0.5) is 0 Å². The summed E-state index contributed by atoms with van der Waals surface area (Å²) in [6, 6.07) is 0. The van der Waals surface area contributed by atoms with E-state index in [2.05, 4.69) is 33.8 Å². The van der Waals surface area contributed by atoms with Crippen molar-refractivity contribution in [1.29, 1.82) is 0 Å². The SMILES string of the molecule is CCCCCCCC[C@H]1CC[C@H]2[C@H]3CC=C4C[C@@H](OC(=O)[C@H](Cl)CCC)CC[C@]4(C)[C@@H]3CC[C@]12C. The van der Waals surface area contributed by atoms with Gasteiger partial charge in [-0.05, 0) is 92.3 Å². The maximum absolute atomic E-state index is 12.4. The van der Waals surface area contributed by atoms with Gasteiger partial charge in [0.15, 0.2) is 0 Å². The van der Waals surface area contributed by atoms with Crippen molar-refractivity contribution < 1.29 is 9.53 Å². The highest BCUT2D eigenvalue weighted by molar-refractivity contribution is 6.29. The summed E-state index contributed by atoms with van der Waals surface area (Å²) in [7, 11) is 0. The van der Waals surface area contributed by atoms with E-state index in [0.717, 1.165) is 42.9 Å². The normalized spacial score (nSPS) is 39.2. The molecule has 0 spiro atoms. The van der Waals surface area contributed by atoms with E-state index in [4.69, 9.17) is 16.3 Å². The largest absolute Gasteiger partial charge is 0.461 e. The molecule has 200 valence electrons. The fourth-order valence-corrected chi connectivity index (χ4v) is 9.36. The van der Waals surface area contributed by atoms with Crippen LogP contribution < -0.4 is 0 Å². The highest BCUT2D eigenvalue weighted by Crippen LogP contribution is 2.66. The number of allylic oxidation sites excluding steroid dienone is 1. The summed E-state index contributed by atoms with van der Waals surface area (Å²) in [5.41, 5.74) is 2.48. The van der Waals surface area contributed by atoms with E-state index >= 15 is 0 Å². The molecule has 0 radical (unpaired) electrons. The third kappa shape index (κ3) is 5.68. The molecule has 4 rings (SSSR count). The van der Waals surface area contributed by atoms with Gasteiger partial charge >= 0.3 is 5.97 Å².